The van der Waals surface area contributed by atoms with Crippen LogP contribution in [0, 0.1) is 17.8 Å². The summed E-state index contributed by atoms with van der Waals surface area (Å²) in [6, 6.07) is 0. The van der Waals surface area contributed by atoms with Crippen molar-refractivity contribution < 1.29 is 9.53 Å². The second kappa shape index (κ2) is 6.20. The van der Waals surface area contributed by atoms with Gasteiger partial charge in [-0.25, -0.2) is 0 Å². The van der Waals surface area contributed by atoms with Crippen molar-refractivity contribution in [2.75, 3.05) is 19.8 Å². The van der Waals surface area contributed by atoms with Gasteiger partial charge in [0.05, 0.1) is 6.61 Å². The molecule has 2 aliphatic rings. The standard InChI is InChI=1S/C14H23NO2/c1-2-3-12-8-13(12)4-5-14(16)15-9-11-6-7-17-10-11/h4-5,11-13H,2-3,6-10H2,1H3,(H,15,16). The number of rotatable bonds is 6. The number of amides is 1. The van der Waals surface area contributed by atoms with E-state index in [1.807, 2.05) is 0 Å². The van der Waals surface area contributed by atoms with Gasteiger partial charge in [-0.15, -0.1) is 0 Å². The Kier molecular flexibility index (Phi) is 4.60. The van der Waals surface area contributed by atoms with Crippen molar-refractivity contribution in [2.45, 2.75) is 32.6 Å². The molecule has 17 heavy (non-hydrogen) atoms. The van der Waals surface area contributed by atoms with Crippen molar-refractivity contribution in [2.24, 2.45) is 17.8 Å². The van der Waals surface area contributed by atoms with E-state index in [1.165, 1.54) is 19.3 Å². The molecule has 3 nitrogen and oxygen atoms in total. The minimum Gasteiger partial charge on any atom is -0.381 e. The maximum absolute atomic E-state index is 11.6. The molecule has 0 bridgehead atoms. The Hall–Kier alpha value is -0.830. The highest BCUT2D eigenvalue weighted by Crippen LogP contribution is 2.42. The average Bonchev–Trinajstić information content (AvgIpc) is 2.86. The van der Waals surface area contributed by atoms with E-state index < -0.39 is 0 Å². The summed E-state index contributed by atoms with van der Waals surface area (Å²) < 4.78 is 5.27. The minimum atomic E-state index is 0.0547. The van der Waals surface area contributed by atoms with Crippen LogP contribution >= 0.6 is 0 Å². The lowest BCUT2D eigenvalue weighted by molar-refractivity contribution is -0.116. The number of carbonyl (C=O) groups excluding carboxylic acids is 1. The van der Waals surface area contributed by atoms with E-state index in [-0.39, 0.29) is 5.91 Å². The molecule has 3 heteroatoms. The Labute approximate surface area is 104 Å². The number of carbonyl (C=O) groups is 1. The molecule has 0 radical (unpaired) electrons. The SMILES string of the molecule is CCCC1CC1C=CC(=O)NCC1CCOC1. The maximum atomic E-state index is 11.6. The summed E-state index contributed by atoms with van der Waals surface area (Å²) in [6.45, 7) is 4.62. The third-order valence-corrected chi connectivity index (χ3v) is 3.72. The van der Waals surface area contributed by atoms with Crippen LogP contribution in [-0.4, -0.2) is 25.7 Å². The summed E-state index contributed by atoms with van der Waals surface area (Å²) in [6.07, 6.45) is 8.70. The lowest BCUT2D eigenvalue weighted by atomic mass is 10.1. The monoisotopic (exact) mass is 237 g/mol. The molecule has 1 aliphatic carbocycles. The molecule has 0 aromatic rings. The van der Waals surface area contributed by atoms with E-state index in [9.17, 15) is 4.79 Å². The summed E-state index contributed by atoms with van der Waals surface area (Å²) in [5, 5.41) is 2.95. The number of nitrogens with one attached hydrogen (secondary N) is 1. The Morgan fingerprint density at radius 2 is 2.41 bits per heavy atom. The van der Waals surface area contributed by atoms with Crippen LogP contribution < -0.4 is 5.32 Å². The van der Waals surface area contributed by atoms with Crippen molar-refractivity contribution in [1.82, 2.24) is 5.32 Å². The number of hydrogen-bond acceptors (Lipinski definition) is 2. The summed E-state index contributed by atoms with van der Waals surface area (Å²) in [4.78, 5) is 11.6. The topological polar surface area (TPSA) is 38.3 Å². The van der Waals surface area contributed by atoms with Gasteiger partial charge >= 0.3 is 0 Å². The van der Waals surface area contributed by atoms with E-state index in [0.717, 1.165) is 32.1 Å². The summed E-state index contributed by atoms with van der Waals surface area (Å²) in [5.74, 6) is 2.07. The Morgan fingerprint density at radius 1 is 1.53 bits per heavy atom. The van der Waals surface area contributed by atoms with Crippen molar-refractivity contribution in [3.63, 3.8) is 0 Å². The van der Waals surface area contributed by atoms with Gasteiger partial charge in [0.15, 0.2) is 0 Å². The highest BCUT2D eigenvalue weighted by molar-refractivity contribution is 5.87. The van der Waals surface area contributed by atoms with E-state index in [4.69, 9.17) is 4.74 Å². The molecule has 1 saturated carbocycles. The van der Waals surface area contributed by atoms with Crippen LogP contribution in [0.1, 0.15) is 32.6 Å². The van der Waals surface area contributed by atoms with Gasteiger partial charge in [0, 0.05) is 19.1 Å². The molecule has 0 aromatic heterocycles. The van der Waals surface area contributed by atoms with E-state index >= 15 is 0 Å². The van der Waals surface area contributed by atoms with Gasteiger partial charge < -0.3 is 10.1 Å². The third kappa shape index (κ3) is 4.15. The minimum absolute atomic E-state index is 0.0547. The first kappa shape index (κ1) is 12.6. The molecule has 1 heterocycles. The van der Waals surface area contributed by atoms with Crippen LogP contribution in [0.3, 0.4) is 0 Å². The lowest BCUT2D eigenvalue weighted by Crippen LogP contribution is -2.27. The zero-order valence-corrected chi connectivity index (χ0v) is 10.7. The normalized spacial score (nSPS) is 31.9. The first-order chi connectivity index (χ1) is 8.29. The average molecular weight is 237 g/mol. The summed E-state index contributed by atoms with van der Waals surface area (Å²) in [7, 11) is 0. The number of allylic oxidation sites excluding steroid dienone is 1. The molecule has 0 spiro atoms. The van der Waals surface area contributed by atoms with Crippen molar-refractivity contribution in [3.05, 3.63) is 12.2 Å². The molecule has 1 N–H and O–H groups in total. The van der Waals surface area contributed by atoms with Crippen LogP contribution in [-0.2, 0) is 9.53 Å². The first-order valence-electron chi connectivity index (χ1n) is 6.83. The van der Waals surface area contributed by atoms with Gasteiger partial charge in [0.2, 0.25) is 5.91 Å². The van der Waals surface area contributed by atoms with Gasteiger partial charge in [-0.2, -0.15) is 0 Å². The van der Waals surface area contributed by atoms with Gasteiger partial charge in [0.25, 0.3) is 0 Å². The third-order valence-electron chi connectivity index (χ3n) is 3.72. The summed E-state index contributed by atoms with van der Waals surface area (Å²) in [5.41, 5.74) is 0. The second-order valence-electron chi connectivity index (χ2n) is 5.28. The highest BCUT2D eigenvalue weighted by atomic mass is 16.5. The number of hydrogen-bond donors (Lipinski definition) is 1. The molecule has 2 fully saturated rings. The Morgan fingerprint density at radius 3 is 3.12 bits per heavy atom. The number of ether oxygens (including phenoxy) is 1. The van der Waals surface area contributed by atoms with Crippen LogP contribution in [0.5, 0.6) is 0 Å². The van der Waals surface area contributed by atoms with Crippen molar-refractivity contribution in [3.8, 4) is 0 Å². The second-order valence-corrected chi connectivity index (χ2v) is 5.28. The molecule has 2 rings (SSSR count). The lowest BCUT2D eigenvalue weighted by Gasteiger charge is -2.07. The zero-order chi connectivity index (χ0) is 12.1. The fourth-order valence-electron chi connectivity index (χ4n) is 2.47. The van der Waals surface area contributed by atoms with Crippen LogP contribution in [0.15, 0.2) is 12.2 Å². The van der Waals surface area contributed by atoms with Crippen molar-refractivity contribution in [1.29, 1.82) is 0 Å². The quantitative estimate of drug-likeness (QED) is 0.719. The van der Waals surface area contributed by atoms with Crippen LogP contribution in [0.4, 0.5) is 0 Å². The van der Waals surface area contributed by atoms with Gasteiger partial charge in [-0.05, 0) is 30.8 Å². The van der Waals surface area contributed by atoms with E-state index in [2.05, 4.69) is 18.3 Å². The predicted octanol–water partition coefficient (Wildman–Crippen LogP) is 2.13. The van der Waals surface area contributed by atoms with Gasteiger partial charge in [0.1, 0.15) is 0 Å². The molecule has 1 amide bonds. The predicted molar refractivity (Wildman–Crippen MR) is 67.6 cm³/mol. The fourth-order valence-corrected chi connectivity index (χ4v) is 2.47. The molecular formula is C14H23NO2. The fraction of sp³-hybridized carbons (Fsp3) is 0.786. The molecule has 1 saturated heterocycles. The van der Waals surface area contributed by atoms with Gasteiger partial charge in [-0.1, -0.05) is 25.8 Å². The summed E-state index contributed by atoms with van der Waals surface area (Å²) >= 11 is 0. The molecule has 0 aromatic carbocycles. The van der Waals surface area contributed by atoms with Gasteiger partial charge in [-0.3, -0.25) is 4.79 Å². The largest absolute Gasteiger partial charge is 0.381 e. The Bertz CT molecular complexity index is 282. The molecular weight excluding hydrogens is 214 g/mol. The van der Waals surface area contributed by atoms with Crippen LogP contribution in [0.25, 0.3) is 0 Å². The molecule has 3 unspecified atom stereocenters. The van der Waals surface area contributed by atoms with Crippen molar-refractivity contribution >= 4 is 5.91 Å². The van der Waals surface area contributed by atoms with E-state index in [1.54, 1.807) is 6.08 Å². The zero-order valence-electron chi connectivity index (χ0n) is 10.7. The maximum Gasteiger partial charge on any atom is 0.243 e. The Balaban J connectivity index is 1.59. The first-order valence-corrected chi connectivity index (χ1v) is 6.83. The molecule has 96 valence electrons. The highest BCUT2D eigenvalue weighted by Gasteiger charge is 2.33. The molecule has 3 atom stereocenters. The van der Waals surface area contributed by atoms with Crippen LogP contribution in [0.2, 0.25) is 0 Å². The molecule has 1 aliphatic heterocycles. The smallest absolute Gasteiger partial charge is 0.243 e. The van der Waals surface area contributed by atoms with E-state index in [0.29, 0.717) is 11.8 Å².